The lowest BCUT2D eigenvalue weighted by Crippen LogP contribution is -2.24. The second-order valence-corrected chi connectivity index (χ2v) is 10.1. The number of amides is 2. The van der Waals surface area contributed by atoms with Crippen LogP contribution in [0.4, 0.5) is 11.6 Å². The topological polar surface area (TPSA) is 113 Å². The predicted octanol–water partition coefficient (Wildman–Crippen LogP) is 4.69. The van der Waals surface area contributed by atoms with E-state index in [-0.39, 0.29) is 17.8 Å². The number of aryl methyl sites for hydroxylation is 2. The van der Waals surface area contributed by atoms with Crippen LogP contribution < -0.4 is 15.0 Å². The first-order valence-corrected chi connectivity index (χ1v) is 12.8. The highest BCUT2D eigenvalue weighted by Crippen LogP contribution is 2.41. The van der Waals surface area contributed by atoms with Gasteiger partial charge in [-0.05, 0) is 60.1 Å². The molecule has 2 N–H and O–H groups in total. The highest BCUT2D eigenvalue weighted by molar-refractivity contribution is 7.99. The number of aromatic nitrogens is 4. The van der Waals surface area contributed by atoms with Crippen LogP contribution in [-0.2, 0) is 11.2 Å². The Morgan fingerprint density at radius 3 is 2.77 bits per heavy atom. The number of H-pyrrole nitrogens is 1. The number of thioether (sulfide) groups is 1. The molecule has 4 aromatic rings. The van der Waals surface area contributed by atoms with E-state index in [1.807, 2.05) is 31.2 Å². The quantitative estimate of drug-likeness (QED) is 0.248. The normalized spacial score (nSPS) is 11.0. The number of carbonyl (C=O) groups is 2. The number of ether oxygens (including phenoxy) is 1. The summed E-state index contributed by atoms with van der Waals surface area (Å²) >= 11 is 3.06. The first-order valence-electron chi connectivity index (χ1n) is 11.0. The van der Waals surface area contributed by atoms with Crippen molar-refractivity contribution in [2.24, 2.45) is 0 Å². The van der Waals surface area contributed by atoms with Crippen molar-refractivity contribution in [3.63, 3.8) is 0 Å². The molecule has 0 aliphatic carbocycles. The molecule has 35 heavy (non-hydrogen) atoms. The van der Waals surface area contributed by atoms with E-state index >= 15 is 0 Å². The summed E-state index contributed by atoms with van der Waals surface area (Å²) in [4.78, 5) is 28.1. The third kappa shape index (κ3) is 5.46. The molecule has 2 heterocycles. The number of methoxy groups -OCH3 is 1. The number of rotatable bonds is 9. The number of aromatic amines is 1. The van der Waals surface area contributed by atoms with Gasteiger partial charge in [0.1, 0.15) is 10.6 Å². The molecule has 0 saturated heterocycles. The Bertz CT molecular complexity index is 1350. The molecule has 0 fully saturated rings. The van der Waals surface area contributed by atoms with Crippen LogP contribution in [0.5, 0.6) is 5.75 Å². The van der Waals surface area contributed by atoms with E-state index in [4.69, 9.17) is 4.74 Å². The van der Waals surface area contributed by atoms with Crippen LogP contribution in [0.15, 0.2) is 41.3 Å². The summed E-state index contributed by atoms with van der Waals surface area (Å²) in [6, 6.07) is 12.0. The lowest BCUT2D eigenvalue weighted by molar-refractivity contribution is -0.116. The van der Waals surface area contributed by atoms with Crippen molar-refractivity contribution >= 4 is 56.6 Å². The Balaban J connectivity index is 1.56. The number of hydrogen-bond acceptors (Lipinski definition) is 8. The summed E-state index contributed by atoms with van der Waals surface area (Å²) in [5.74, 6) is 1.44. The summed E-state index contributed by atoms with van der Waals surface area (Å²) in [5.41, 5.74) is 3.05. The van der Waals surface area contributed by atoms with Crippen molar-refractivity contribution in [1.82, 2.24) is 20.6 Å². The van der Waals surface area contributed by atoms with E-state index in [0.29, 0.717) is 4.88 Å². The van der Waals surface area contributed by atoms with Gasteiger partial charge in [0.05, 0.1) is 7.11 Å². The lowest BCUT2D eigenvalue weighted by atomic mass is 10.1. The molecule has 9 nitrogen and oxygen atoms in total. The second-order valence-electron chi connectivity index (χ2n) is 7.93. The first-order chi connectivity index (χ1) is 16.9. The van der Waals surface area contributed by atoms with Gasteiger partial charge in [-0.1, -0.05) is 23.3 Å². The van der Waals surface area contributed by atoms with Crippen molar-refractivity contribution in [3.05, 3.63) is 52.4 Å². The summed E-state index contributed by atoms with van der Waals surface area (Å²) in [6.07, 6.45) is 1.70. The lowest BCUT2D eigenvalue weighted by Gasteiger charge is -2.19. The van der Waals surface area contributed by atoms with Gasteiger partial charge in [-0.25, -0.2) is 0 Å². The molecule has 0 spiro atoms. The van der Waals surface area contributed by atoms with Gasteiger partial charge in [0.15, 0.2) is 0 Å². The van der Waals surface area contributed by atoms with Crippen LogP contribution in [0.25, 0.3) is 10.1 Å². The summed E-state index contributed by atoms with van der Waals surface area (Å²) in [5, 5.41) is 17.2. The number of nitrogens with zero attached hydrogens (tertiary/aromatic N) is 4. The average molecular weight is 511 g/mol. The largest absolute Gasteiger partial charge is 0.496 e. The third-order valence-electron chi connectivity index (χ3n) is 5.60. The molecular weight excluding hydrogens is 484 g/mol. The van der Waals surface area contributed by atoms with Crippen LogP contribution in [0, 0.1) is 6.92 Å². The number of fused-ring (bicyclic) bond motifs is 1. The molecule has 182 valence electrons. The highest BCUT2D eigenvalue weighted by atomic mass is 32.2. The number of para-hydroxylation sites is 1. The summed E-state index contributed by atoms with van der Waals surface area (Å²) < 4.78 is 6.46. The molecular formula is C24H26N6O3S2. The Labute approximate surface area is 211 Å². The minimum absolute atomic E-state index is 0.000350. The Morgan fingerprint density at radius 1 is 1.26 bits per heavy atom. The van der Waals surface area contributed by atoms with Crippen LogP contribution in [0.3, 0.4) is 0 Å². The zero-order valence-electron chi connectivity index (χ0n) is 19.9. The number of thiophene rings is 1. The molecule has 0 unspecified atom stereocenters. The van der Waals surface area contributed by atoms with E-state index in [2.05, 4.69) is 38.1 Å². The molecule has 0 atom stereocenters. The smallest absolute Gasteiger partial charge is 0.270 e. The predicted molar refractivity (Wildman–Crippen MR) is 140 cm³/mol. The van der Waals surface area contributed by atoms with Crippen LogP contribution in [-0.4, -0.2) is 52.3 Å². The van der Waals surface area contributed by atoms with E-state index < -0.39 is 0 Å². The molecule has 11 heteroatoms. The fourth-order valence-corrected chi connectivity index (χ4v) is 6.16. The molecule has 0 radical (unpaired) electrons. The minimum atomic E-state index is -0.278. The third-order valence-corrected chi connectivity index (χ3v) is 8.09. The van der Waals surface area contributed by atoms with Gasteiger partial charge in [0, 0.05) is 34.6 Å². The highest BCUT2D eigenvalue weighted by Gasteiger charge is 2.21. The molecule has 2 aromatic heterocycles. The van der Waals surface area contributed by atoms with Crippen molar-refractivity contribution in [3.8, 4) is 5.75 Å². The number of tetrazole rings is 1. The first kappa shape index (κ1) is 24.7. The van der Waals surface area contributed by atoms with E-state index in [0.717, 1.165) is 56.1 Å². The number of carbonyl (C=O) groups excluding carboxylic acids is 2. The summed E-state index contributed by atoms with van der Waals surface area (Å²) in [7, 11) is 3.43. The number of benzene rings is 2. The number of nitrogens with one attached hydrogen (secondary N) is 2. The Hall–Kier alpha value is -3.44. The summed E-state index contributed by atoms with van der Waals surface area (Å²) in [6.45, 7) is 3.55. The monoisotopic (exact) mass is 510 g/mol. The van der Waals surface area contributed by atoms with E-state index in [1.165, 1.54) is 11.3 Å². The standard InChI is InChI=1S/C24H26N6O3S2/c1-14-12-17-20(13-19(14)33-4)35-22(23(32)25-24-26-28-29-27-24)21(17)34-11-7-9-16-8-5-6-10-18(16)30(3)15(2)31/h5-6,8,10,12-13H,7,9,11H2,1-4H3,(H2,25,26,27,28,29,32). The van der Waals surface area contributed by atoms with Gasteiger partial charge < -0.3 is 9.64 Å². The van der Waals surface area contributed by atoms with Gasteiger partial charge in [-0.3, -0.25) is 14.9 Å². The Morgan fingerprint density at radius 2 is 2.06 bits per heavy atom. The van der Waals surface area contributed by atoms with Crippen LogP contribution in [0.2, 0.25) is 0 Å². The van der Waals surface area contributed by atoms with E-state index in [9.17, 15) is 9.59 Å². The van der Waals surface area contributed by atoms with Gasteiger partial charge in [0.25, 0.3) is 11.9 Å². The van der Waals surface area contributed by atoms with Gasteiger partial charge in [-0.2, -0.15) is 5.21 Å². The molecule has 2 amide bonds. The maximum Gasteiger partial charge on any atom is 0.270 e. The fraction of sp³-hybridized carbons (Fsp3) is 0.292. The minimum Gasteiger partial charge on any atom is -0.496 e. The maximum atomic E-state index is 13.1. The Kier molecular flexibility index (Phi) is 7.67. The molecule has 4 rings (SSSR count). The van der Waals surface area contributed by atoms with Crippen molar-refractivity contribution in [2.45, 2.75) is 31.6 Å². The molecule has 0 aliphatic heterocycles. The number of anilines is 2. The van der Waals surface area contributed by atoms with Gasteiger partial charge >= 0.3 is 0 Å². The second kappa shape index (κ2) is 10.9. The van der Waals surface area contributed by atoms with Gasteiger partial charge in [0.2, 0.25) is 5.91 Å². The fourth-order valence-electron chi connectivity index (χ4n) is 3.75. The van der Waals surface area contributed by atoms with Crippen molar-refractivity contribution in [1.29, 1.82) is 0 Å². The molecule has 0 aliphatic rings. The SMILES string of the molecule is COc1cc2sc(C(=O)Nc3nn[nH]n3)c(SCCCc3ccccc3N(C)C(C)=O)c2cc1C. The van der Waals surface area contributed by atoms with Crippen molar-refractivity contribution < 1.29 is 14.3 Å². The maximum absolute atomic E-state index is 13.1. The molecule has 2 aromatic carbocycles. The molecule has 0 bridgehead atoms. The van der Waals surface area contributed by atoms with Crippen LogP contribution in [0.1, 0.15) is 34.1 Å². The van der Waals surface area contributed by atoms with Crippen LogP contribution >= 0.6 is 23.1 Å². The number of hydrogen-bond donors (Lipinski definition) is 2. The molecule has 0 saturated carbocycles. The zero-order chi connectivity index (χ0) is 24.9. The zero-order valence-corrected chi connectivity index (χ0v) is 21.5. The van der Waals surface area contributed by atoms with Gasteiger partial charge in [-0.15, -0.1) is 28.2 Å². The van der Waals surface area contributed by atoms with E-state index in [1.54, 1.807) is 37.7 Å². The van der Waals surface area contributed by atoms with Crippen molar-refractivity contribution in [2.75, 3.05) is 30.1 Å². The average Bonchev–Trinajstić information content (AvgIpc) is 3.48.